The Morgan fingerprint density at radius 1 is 1.04 bits per heavy atom. The molecule has 0 saturated heterocycles. The molecule has 4 nitrogen and oxygen atoms in total. The van der Waals surface area contributed by atoms with Crippen molar-refractivity contribution in [3.8, 4) is 11.5 Å². The third kappa shape index (κ3) is 4.40. The molecule has 0 unspecified atom stereocenters. The van der Waals surface area contributed by atoms with E-state index < -0.39 is 0 Å². The molecule has 0 aromatic heterocycles. The highest BCUT2D eigenvalue weighted by atomic mass is 16.5. The second kappa shape index (κ2) is 7.24. The number of methoxy groups -OCH3 is 2. The van der Waals surface area contributed by atoms with Crippen molar-refractivity contribution in [3.05, 3.63) is 18.2 Å². The van der Waals surface area contributed by atoms with Crippen LogP contribution in [0.4, 0.5) is 5.69 Å². The topological polar surface area (TPSA) is 47.6 Å². The molecule has 0 heterocycles. The minimum Gasteiger partial charge on any atom is -0.493 e. The van der Waals surface area contributed by atoms with Crippen LogP contribution >= 0.6 is 0 Å². The number of nitrogens with one attached hydrogen (secondary N) is 1. The largest absolute Gasteiger partial charge is 0.493 e. The van der Waals surface area contributed by atoms with E-state index in [9.17, 15) is 4.79 Å². The van der Waals surface area contributed by atoms with Gasteiger partial charge < -0.3 is 14.8 Å². The Morgan fingerprint density at radius 2 is 1.65 bits per heavy atom. The molecule has 4 heteroatoms. The van der Waals surface area contributed by atoms with Crippen molar-refractivity contribution in [2.75, 3.05) is 19.5 Å². The summed E-state index contributed by atoms with van der Waals surface area (Å²) in [5, 5.41) is 3.02. The zero-order valence-corrected chi connectivity index (χ0v) is 14.9. The lowest BCUT2D eigenvalue weighted by Gasteiger charge is -2.36. The van der Waals surface area contributed by atoms with Crippen LogP contribution in [-0.4, -0.2) is 20.1 Å². The van der Waals surface area contributed by atoms with E-state index in [1.54, 1.807) is 20.3 Å². The van der Waals surface area contributed by atoms with Gasteiger partial charge in [-0.25, -0.2) is 0 Å². The fraction of sp³-hybridized carbons (Fsp3) is 0.632. The summed E-state index contributed by atoms with van der Waals surface area (Å²) in [6, 6.07) is 5.46. The number of benzene rings is 1. The Hall–Kier alpha value is -1.71. The SMILES string of the molecule is COc1ccc(NC(=O)C2CCC(C(C)(C)C)CC2)cc1OC. The number of carbonyl (C=O) groups is 1. The highest BCUT2D eigenvalue weighted by Gasteiger charge is 2.32. The quantitative estimate of drug-likeness (QED) is 0.889. The molecule has 0 bridgehead atoms. The summed E-state index contributed by atoms with van der Waals surface area (Å²) in [5.74, 6) is 2.23. The summed E-state index contributed by atoms with van der Waals surface area (Å²) in [6.07, 6.45) is 4.21. The average Bonchev–Trinajstić information content (AvgIpc) is 2.54. The van der Waals surface area contributed by atoms with Crippen LogP contribution in [0.3, 0.4) is 0 Å². The predicted molar refractivity (Wildman–Crippen MR) is 93.1 cm³/mol. The molecule has 1 aliphatic rings. The van der Waals surface area contributed by atoms with Gasteiger partial charge in [0, 0.05) is 17.7 Å². The van der Waals surface area contributed by atoms with E-state index in [1.807, 2.05) is 12.1 Å². The van der Waals surface area contributed by atoms with E-state index in [0.29, 0.717) is 22.8 Å². The van der Waals surface area contributed by atoms with Gasteiger partial charge >= 0.3 is 0 Å². The fourth-order valence-electron chi connectivity index (χ4n) is 3.38. The van der Waals surface area contributed by atoms with Crippen molar-refractivity contribution >= 4 is 11.6 Å². The summed E-state index contributed by atoms with van der Waals surface area (Å²) >= 11 is 0. The minimum absolute atomic E-state index is 0.113. The monoisotopic (exact) mass is 319 g/mol. The van der Waals surface area contributed by atoms with Crippen molar-refractivity contribution in [1.82, 2.24) is 0 Å². The van der Waals surface area contributed by atoms with Crippen molar-refractivity contribution in [3.63, 3.8) is 0 Å². The van der Waals surface area contributed by atoms with Crippen molar-refractivity contribution < 1.29 is 14.3 Å². The van der Waals surface area contributed by atoms with Gasteiger partial charge in [-0.05, 0) is 49.1 Å². The average molecular weight is 319 g/mol. The Kier molecular flexibility index (Phi) is 5.55. The molecule has 0 spiro atoms. The third-order valence-corrected chi connectivity index (χ3v) is 4.97. The van der Waals surface area contributed by atoms with Gasteiger partial charge in [-0.1, -0.05) is 20.8 Å². The number of ether oxygens (including phenoxy) is 2. The van der Waals surface area contributed by atoms with Gasteiger partial charge in [-0.2, -0.15) is 0 Å². The molecular weight excluding hydrogens is 290 g/mol. The van der Waals surface area contributed by atoms with Gasteiger partial charge in [0.25, 0.3) is 0 Å². The molecule has 0 radical (unpaired) electrons. The van der Waals surface area contributed by atoms with Crippen LogP contribution in [0.15, 0.2) is 18.2 Å². The van der Waals surface area contributed by atoms with Gasteiger partial charge in [0.15, 0.2) is 11.5 Å². The molecule has 128 valence electrons. The number of hydrogen-bond donors (Lipinski definition) is 1. The molecule has 1 amide bonds. The fourth-order valence-corrected chi connectivity index (χ4v) is 3.38. The first-order valence-corrected chi connectivity index (χ1v) is 8.38. The summed E-state index contributed by atoms with van der Waals surface area (Å²) in [4.78, 5) is 12.5. The molecule has 1 saturated carbocycles. The van der Waals surface area contributed by atoms with Gasteiger partial charge in [0.1, 0.15) is 0 Å². The van der Waals surface area contributed by atoms with Gasteiger partial charge in [-0.3, -0.25) is 4.79 Å². The molecule has 2 rings (SSSR count). The maximum absolute atomic E-state index is 12.5. The second-order valence-electron chi connectivity index (χ2n) is 7.47. The molecule has 23 heavy (non-hydrogen) atoms. The predicted octanol–water partition coefficient (Wildman–Crippen LogP) is 4.49. The lowest BCUT2D eigenvalue weighted by Crippen LogP contribution is -2.31. The molecule has 1 aromatic carbocycles. The number of hydrogen-bond acceptors (Lipinski definition) is 3. The third-order valence-electron chi connectivity index (χ3n) is 4.97. The molecule has 0 atom stereocenters. The normalized spacial score (nSPS) is 21.6. The first-order valence-electron chi connectivity index (χ1n) is 8.38. The van der Waals surface area contributed by atoms with E-state index in [-0.39, 0.29) is 11.8 Å². The maximum atomic E-state index is 12.5. The summed E-state index contributed by atoms with van der Waals surface area (Å²) < 4.78 is 10.5. The first-order chi connectivity index (χ1) is 10.8. The molecule has 1 aromatic rings. The van der Waals surface area contributed by atoms with E-state index in [4.69, 9.17) is 9.47 Å². The lowest BCUT2D eigenvalue weighted by atomic mass is 9.69. The zero-order chi connectivity index (χ0) is 17.0. The lowest BCUT2D eigenvalue weighted by molar-refractivity contribution is -0.121. The Labute approximate surface area is 139 Å². The van der Waals surface area contributed by atoms with E-state index in [0.717, 1.165) is 31.4 Å². The number of carbonyl (C=O) groups excluding carboxylic acids is 1. The van der Waals surface area contributed by atoms with Crippen LogP contribution < -0.4 is 14.8 Å². The second-order valence-corrected chi connectivity index (χ2v) is 7.47. The van der Waals surface area contributed by atoms with Gasteiger partial charge in [-0.15, -0.1) is 0 Å². The maximum Gasteiger partial charge on any atom is 0.227 e. The van der Waals surface area contributed by atoms with Crippen LogP contribution in [-0.2, 0) is 4.79 Å². The van der Waals surface area contributed by atoms with Crippen molar-refractivity contribution in [1.29, 1.82) is 0 Å². The van der Waals surface area contributed by atoms with E-state index >= 15 is 0 Å². The molecule has 1 N–H and O–H groups in total. The van der Waals surface area contributed by atoms with Crippen LogP contribution in [0.25, 0.3) is 0 Å². The number of anilines is 1. The zero-order valence-electron chi connectivity index (χ0n) is 14.9. The Morgan fingerprint density at radius 3 is 2.17 bits per heavy atom. The van der Waals surface area contributed by atoms with Gasteiger partial charge in [0.05, 0.1) is 14.2 Å². The number of rotatable bonds is 4. The van der Waals surface area contributed by atoms with Crippen LogP contribution in [0.5, 0.6) is 11.5 Å². The Balaban J connectivity index is 1.95. The smallest absolute Gasteiger partial charge is 0.227 e. The van der Waals surface area contributed by atoms with Crippen molar-refractivity contribution in [2.45, 2.75) is 46.5 Å². The summed E-state index contributed by atoms with van der Waals surface area (Å²) in [6.45, 7) is 6.88. The van der Waals surface area contributed by atoms with Crippen LogP contribution in [0, 0.1) is 17.3 Å². The van der Waals surface area contributed by atoms with Gasteiger partial charge in [0.2, 0.25) is 5.91 Å². The molecular formula is C19H29NO3. The van der Waals surface area contributed by atoms with Crippen LogP contribution in [0.2, 0.25) is 0 Å². The number of amides is 1. The Bertz CT molecular complexity index is 540. The van der Waals surface area contributed by atoms with E-state index in [2.05, 4.69) is 26.1 Å². The first kappa shape index (κ1) is 17.6. The minimum atomic E-state index is 0.113. The standard InChI is InChI=1S/C19H29NO3/c1-19(2,3)14-8-6-13(7-9-14)18(21)20-15-10-11-16(22-4)17(12-15)23-5/h10-14H,6-9H2,1-5H3,(H,20,21). The van der Waals surface area contributed by atoms with E-state index in [1.165, 1.54) is 0 Å². The summed E-state index contributed by atoms with van der Waals surface area (Å²) in [7, 11) is 3.20. The molecule has 0 aliphatic heterocycles. The van der Waals surface area contributed by atoms with Crippen molar-refractivity contribution in [2.24, 2.45) is 17.3 Å². The molecule has 1 aliphatic carbocycles. The highest BCUT2D eigenvalue weighted by Crippen LogP contribution is 2.40. The summed E-state index contributed by atoms with van der Waals surface area (Å²) in [5.41, 5.74) is 1.09. The van der Waals surface area contributed by atoms with Crippen LogP contribution in [0.1, 0.15) is 46.5 Å². The highest BCUT2D eigenvalue weighted by molar-refractivity contribution is 5.92. The molecule has 1 fully saturated rings.